The summed E-state index contributed by atoms with van der Waals surface area (Å²) in [4.78, 5) is 12.9. The highest BCUT2D eigenvalue weighted by Crippen LogP contribution is 2.10. The van der Waals surface area contributed by atoms with Crippen molar-refractivity contribution in [2.75, 3.05) is 0 Å². The lowest BCUT2D eigenvalue weighted by Crippen LogP contribution is -2.44. The fourth-order valence-electron chi connectivity index (χ4n) is 1.42. The van der Waals surface area contributed by atoms with Gasteiger partial charge < -0.3 is 11.1 Å². The summed E-state index contributed by atoms with van der Waals surface area (Å²) >= 11 is 1.70. The Balaban J connectivity index is 2.36. The first-order valence-corrected chi connectivity index (χ1v) is 6.20. The molecule has 1 aromatic rings. The van der Waals surface area contributed by atoms with Crippen molar-refractivity contribution < 1.29 is 4.79 Å². The maximum Gasteiger partial charge on any atom is 0.237 e. The molecule has 1 aromatic heterocycles. The molecule has 1 heterocycles. The maximum atomic E-state index is 11.6. The van der Waals surface area contributed by atoms with Gasteiger partial charge in [-0.1, -0.05) is 12.1 Å². The van der Waals surface area contributed by atoms with Gasteiger partial charge in [0.2, 0.25) is 5.91 Å². The Hall–Kier alpha value is -1.13. The molecule has 0 aliphatic carbocycles. The van der Waals surface area contributed by atoms with Gasteiger partial charge in [-0.05, 0) is 24.8 Å². The van der Waals surface area contributed by atoms with Crippen LogP contribution in [-0.2, 0) is 11.2 Å². The molecular weight excluding hydrogens is 220 g/mol. The van der Waals surface area contributed by atoms with Crippen LogP contribution in [0, 0.1) is 0 Å². The highest BCUT2D eigenvalue weighted by Gasteiger charge is 2.14. The number of rotatable bonds is 6. The van der Waals surface area contributed by atoms with Gasteiger partial charge >= 0.3 is 0 Å². The smallest absolute Gasteiger partial charge is 0.237 e. The minimum absolute atomic E-state index is 0.107. The molecule has 0 bridgehead atoms. The largest absolute Gasteiger partial charge is 0.352 e. The third-order valence-electron chi connectivity index (χ3n) is 2.23. The van der Waals surface area contributed by atoms with Gasteiger partial charge in [0.05, 0.1) is 6.04 Å². The molecule has 0 aliphatic rings. The molecule has 2 atom stereocenters. The zero-order valence-corrected chi connectivity index (χ0v) is 10.3. The Bertz CT molecular complexity index is 335. The molecule has 0 fully saturated rings. The van der Waals surface area contributed by atoms with E-state index in [0.717, 1.165) is 6.42 Å². The lowest BCUT2D eigenvalue weighted by Gasteiger charge is -2.16. The van der Waals surface area contributed by atoms with Crippen molar-refractivity contribution in [1.29, 1.82) is 0 Å². The first-order valence-electron chi connectivity index (χ1n) is 5.32. The molecule has 0 saturated carbocycles. The van der Waals surface area contributed by atoms with Crippen LogP contribution in [-0.4, -0.2) is 18.0 Å². The van der Waals surface area contributed by atoms with Crippen LogP contribution < -0.4 is 11.1 Å². The Morgan fingerprint density at radius 3 is 3.06 bits per heavy atom. The number of thiophene rings is 1. The van der Waals surface area contributed by atoms with Gasteiger partial charge in [-0.15, -0.1) is 17.9 Å². The minimum Gasteiger partial charge on any atom is -0.352 e. The van der Waals surface area contributed by atoms with Crippen LogP contribution in [0.15, 0.2) is 30.2 Å². The van der Waals surface area contributed by atoms with Gasteiger partial charge in [-0.3, -0.25) is 4.79 Å². The molecule has 0 aromatic carbocycles. The van der Waals surface area contributed by atoms with Gasteiger partial charge in [-0.25, -0.2) is 0 Å². The minimum atomic E-state index is -0.483. The van der Waals surface area contributed by atoms with Gasteiger partial charge in [-0.2, -0.15) is 0 Å². The Morgan fingerprint density at radius 2 is 2.50 bits per heavy atom. The fourth-order valence-corrected chi connectivity index (χ4v) is 2.25. The standard InChI is InChI=1S/C12H18N2OS/c1-3-5-11(13)12(15)14-9(2)8-10-6-4-7-16-10/h3-4,6-7,9,11H,1,5,8,13H2,2H3,(H,14,15). The van der Waals surface area contributed by atoms with Crippen LogP contribution in [0.25, 0.3) is 0 Å². The molecule has 16 heavy (non-hydrogen) atoms. The number of hydrogen-bond acceptors (Lipinski definition) is 3. The average molecular weight is 238 g/mol. The first-order chi connectivity index (χ1) is 7.63. The van der Waals surface area contributed by atoms with Crippen molar-refractivity contribution in [3.8, 4) is 0 Å². The van der Waals surface area contributed by atoms with E-state index in [1.165, 1.54) is 4.88 Å². The second kappa shape index (κ2) is 6.45. The molecule has 88 valence electrons. The topological polar surface area (TPSA) is 55.1 Å². The number of hydrogen-bond donors (Lipinski definition) is 2. The third-order valence-corrected chi connectivity index (χ3v) is 3.13. The van der Waals surface area contributed by atoms with Crippen LogP contribution in [0.3, 0.4) is 0 Å². The molecule has 0 radical (unpaired) electrons. The van der Waals surface area contributed by atoms with Gasteiger partial charge in [0.25, 0.3) is 0 Å². The van der Waals surface area contributed by atoms with E-state index in [4.69, 9.17) is 5.73 Å². The second-order valence-electron chi connectivity index (χ2n) is 3.82. The van der Waals surface area contributed by atoms with Crippen molar-refractivity contribution in [1.82, 2.24) is 5.32 Å². The van der Waals surface area contributed by atoms with Crippen LogP contribution in [0.4, 0.5) is 0 Å². The highest BCUT2D eigenvalue weighted by molar-refractivity contribution is 7.09. The average Bonchev–Trinajstić information content (AvgIpc) is 2.70. The molecule has 2 unspecified atom stereocenters. The second-order valence-corrected chi connectivity index (χ2v) is 4.86. The normalized spacial score (nSPS) is 14.1. The van der Waals surface area contributed by atoms with E-state index in [0.29, 0.717) is 6.42 Å². The Labute approximate surface area is 100 Å². The summed E-state index contributed by atoms with van der Waals surface area (Å²) in [5.74, 6) is -0.107. The molecule has 4 heteroatoms. The van der Waals surface area contributed by atoms with Crippen molar-refractivity contribution in [2.45, 2.75) is 31.8 Å². The van der Waals surface area contributed by atoms with Crippen molar-refractivity contribution in [3.05, 3.63) is 35.0 Å². The van der Waals surface area contributed by atoms with E-state index in [1.54, 1.807) is 17.4 Å². The fraction of sp³-hybridized carbons (Fsp3) is 0.417. The quantitative estimate of drug-likeness (QED) is 0.741. The van der Waals surface area contributed by atoms with Gasteiger partial charge in [0.1, 0.15) is 0 Å². The maximum absolute atomic E-state index is 11.6. The van der Waals surface area contributed by atoms with Crippen molar-refractivity contribution >= 4 is 17.2 Å². The molecule has 0 saturated heterocycles. The lowest BCUT2D eigenvalue weighted by atomic mass is 10.1. The lowest BCUT2D eigenvalue weighted by molar-refractivity contribution is -0.122. The highest BCUT2D eigenvalue weighted by atomic mass is 32.1. The molecule has 1 amide bonds. The third kappa shape index (κ3) is 4.16. The molecule has 3 N–H and O–H groups in total. The summed E-state index contributed by atoms with van der Waals surface area (Å²) in [6, 6.07) is 3.71. The summed E-state index contributed by atoms with van der Waals surface area (Å²) in [5.41, 5.74) is 5.67. The van der Waals surface area contributed by atoms with E-state index in [9.17, 15) is 4.79 Å². The zero-order valence-electron chi connectivity index (χ0n) is 9.48. The predicted molar refractivity (Wildman–Crippen MR) is 68.4 cm³/mol. The van der Waals surface area contributed by atoms with Crippen LogP contribution in [0.1, 0.15) is 18.2 Å². The van der Waals surface area contributed by atoms with Gasteiger partial charge in [0.15, 0.2) is 0 Å². The SMILES string of the molecule is C=CCC(N)C(=O)NC(C)Cc1cccs1. The molecular formula is C12H18N2OS. The van der Waals surface area contributed by atoms with Crippen LogP contribution >= 0.6 is 11.3 Å². The first kappa shape index (κ1) is 12.9. The Kier molecular flexibility index (Phi) is 5.22. The number of carbonyl (C=O) groups excluding carboxylic acids is 1. The Morgan fingerprint density at radius 1 is 1.75 bits per heavy atom. The molecule has 0 spiro atoms. The van der Waals surface area contributed by atoms with E-state index in [1.807, 2.05) is 18.4 Å². The number of carbonyl (C=O) groups is 1. The number of amides is 1. The summed E-state index contributed by atoms with van der Waals surface area (Å²) in [7, 11) is 0. The molecule has 1 rings (SSSR count). The monoisotopic (exact) mass is 238 g/mol. The number of nitrogens with one attached hydrogen (secondary N) is 1. The van der Waals surface area contributed by atoms with Crippen LogP contribution in [0.5, 0.6) is 0 Å². The van der Waals surface area contributed by atoms with Crippen molar-refractivity contribution in [2.24, 2.45) is 5.73 Å². The summed E-state index contributed by atoms with van der Waals surface area (Å²) in [6.45, 7) is 5.55. The summed E-state index contributed by atoms with van der Waals surface area (Å²) in [5, 5.41) is 4.93. The van der Waals surface area contributed by atoms with E-state index in [-0.39, 0.29) is 11.9 Å². The number of nitrogens with two attached hydrogens (primary N) is 1. The van der Waals surface area contributed by atoms with Crippen molar-refractivity contribution in [3.63, 3.8) is 0 Å². The van der Waals surface area contributed by atoms with E-state index < -0.39 is 6.04 Å². The van der Waals surface area contributed by atoms with E-state index >= 15 is 0 Å². The summed E-state index contributed by atoms with van der Waals surface area (Å²) < 4.78 is 0. The van der Waals surface area contributed by atoms with Crippen LogP contribution in [0.2, 0.25) is 0 Å². The summed E-state index contributed by atoms with van der Waals surface area (Å²) in [6.07, 6.45) is 3.02. The molecule has 3 nitrogen and oxygen atoms in total. The predicted octanol–water partition coefficient (Wildman–Crippen LogP) is 1.70. The van der Waals surface area contributed by atoms with E-state index in [2.05, 4.69) is 18.0 Å². The van der Waals surface area contributed by atoms with Gasteiger partial charge in [0, 0.05) is 17.3 Å². The zero-order chi connectivity index (χ0) is 12.0. The molecule has 0 aliphatic heterocycles.